The van der Waals surface area contributed by atoms with Crippen LogP contribution in [0.1, 0.15) is 20.8 Å². The molecule has 0 atom stereocenters. The minimum absolute atomic E-state index is 0.453. The van der Waals surface area contributed by atoms with Crippen LogP contribution in [-0.4, -0.2) is 11.1 Å². The zero-order valence-electron chi connectivity index (χ0n) is 8.00. The molecule has 0 fully saturated rings. The lowest BCUT2D eigenvalue weighted by Crippen LogP contribution is -1.93. The maximum Gasteiger partial charge on any atom is 0.346 e. The summed E-state index contributed by atoms with van der Waals surface area (Å²) >= 11 is 1.36. The number of rotatable bonds is 1. The van der Waals surface area contributed by atoms with Crippen molar-refractivity contribution in [2.45, 2.75) is 13.8 Å². The van der Waals surface area contributed by atoms with E-state index in [2.05, 4.69) is 0 Å². The Hall–Kier alpha value is -1.35. The molecule has 72 valence electrons. The van der Waals surface area contributed by atoms with Crippen LogP contribution < -0.4 is 0 Å². The number of carboxylic acid groups (broad SMARTS) is 1. The Bertz CT molecular complexity index is 511. The summed E-state index contributed by atoms with van der Waals surface area (Å²) in [6.45, 7) is 3.87. The van der Waals surface area contributed by atoms with Gasteiger partial charge in [0.15, 0.2) is 0 Å². The van der Waals surface area contributed by atoms with E-state index in [1.807, 2.05) is 32.0 Å². The molecule has 0 aliphatic heterocycles. The quantitative estimate of drug-likeness (QED) is 0.777. The van der Waals surface area contributed by atoms with Gasteiger partial charge in [-0.3, -0.25) is 0 Å². The molecule has 0 aliphatic carbocycles. The van der Waals surface area contributed by atoms with Gasteiger partial charge in [-0.05, 0) is 30.4 Å². The highest BCUT2D eigenvalue weighted by Crippen LogP contribution is 2.32. The summed E-state index contributed by atoms with van der Waals surface area (Å²) in [6.07, 6.45) is 0. The third-order valence-corrected chi connectivity index (χ3v) is 3.79. The van der Waals surface area contributed by atoms with Gasteiger partial charge in [-0.2, -0.15) is 0 Å². The molecule has 0 spiro atoms. The first kappa shape index (κ1) is 9.21. The summed E-state index contributed by atoms with van der Waals surface area (Å²) in [7, 11) is 0. The maximum atomic E-state index is 10.9. The van der Waals surface area contributed by atoms with E-state index in [9.17, 15) is 4.79 Å². The Morgan fingerprint density at radius 2 is 2.07 bits per heavy atom. The number of hydrogen-bond acceptors (Lipinski definition) is 2. The van der Waals surface area contributed by atoms with Gasteiger partial charge in [-0.15, -0.1) is 11.3 Å². The lowest BCUT2D eigenvalue weighted by Gasteiger charge is -1.94. The Morgan fingerprint density at radius 3 is 2.64 bits per heavy atom. The number of carbonyl (C=O) groups is 1. The van der Waals surface area contributed by atoms with Gasteiger partial charge >= 0.3 is 5.97 Å². The summed E-state index contributed by atoms with van der Waals surface area (Å²) in [6, 6.07) is 5.94. The average Bonchev–Trinajstić information content (AvgIpc) is 2.46. The predicted molar refractivity (Wildman–Crippen MR) is 58.3 cm³/mol. The SMILES string of the molecule is Cc1c(C(=O)O)sc2c(C)cccc12. The molecule has 1 aromatic heterocycles. The normalized spacial score (nSPS) is 10.7. The lowest BCUT2D eigenvalue weighted by atomic mass is 10.1. The van der Waals surface area contributed by atoms with Crippen LogP contribution in [0.25, 0.3) is 10.1 Å². The molecule has 3 heteroatoms. The van der Waals surface area contributed by atoms with Crippen molar-refractivity contribution < 1.29 is 9.90 Å². The number of thiophene rings is 1. The summed E-state index contributed by atoms with van der Waals surface area (Å²) in [5.74, 6) is -0.830. The van der Waals surface area contributed by atoms with Crippen LogP contribution in [0.3, 0.4) is 0 Å². The lowest BCUT2D eigenvalue weighted by molar-refractivity contribution is 0.0701. The second-order valence-electron chi connectivity index (χ2n) is 3.31. The Labute approximate surface area is 85.8 Å². The molecule has 2 rings (SSSR count). The van der Waals surface area contributed by atoms with Crippen LogP contribution in [-0.2, 0) is 0 Å². The fourth-order valence-electron chi connectivity index (χ4n) is 1.59. The summed E-state index contributed by atoms with van der Waals surface area (Å²) in [5, 5.41) is 10.0. The number of aryl methyl sites for hydroxylation is 2. The molecule has 0 radical (unpaired) electrons. The molecule has 2 nitrogen and oxygen atoms in total. The van der Waals surface area contributed by atoms with Gasteiger partial charge in [0.25, 0.3) is 0 Å². The highest BCUT2D eigenvalue weighted by Gasteiger charge is 2.14. The standard InChI is InChI=1S/C11H10O2S/c1-6-4-3-5-8-7(2)10(11(12)13)14-9(6)8/h3-5H,1-2H3,(H,12,13). The van der Waals surface area contributed by atoms with Gasteiger partial charge in [0.2, 0.25) is 0 Å². The van der Waals surface area contributed by atoms with Crippen molar-refractivity contribution in [3.05, 3.63) is 34.2 Å². The Kier molecular flexibility index (Phi) is 2.04. The van der Waals surface area contributed by atoms with Crippen molar-refractivity contribution in [2.24, 2.45) is 0 Å². The van der Waals surface area contributed by atoms with E-state index in [1.54, 1.807) is 0 Å². The van der Waals surface area contributed by atoms with Crippen LogP contribution in [0.2, 0.25) is 0 Å². The van der Waals surface area contributed by atoms with Crippen molar-refractivity contribution in [3.63, 3.8) is 0 Å². The largest absolute Gasteiger partial charge is 0.477 e. The summed E-state index contributed by atoms with van der Waals surface area (Å²) < 4.78 is 1.09. The van der Waals surface area contributed by atoms with E-state index in [-0.39, 0.29) is 0 Å². The van der Waals surface area contributed by atoms with Crippen molar-refractivity contribution >= 4 is 27.4 Å². The zero-order chi connectivity index (χ0) is 10.3. The molecule has 0 aliphatic rings. The van der Waals surface area contributed by atoms with E-state index < -0.39 is 5.97 Å². The molecule has 1 N–H and O–H groups in total. The van der Waals surface area contributed by atoms with Gasteiger partial charge < -0.3 is 5.11 Å². The average molecular weight is 206 g/mol. The maximum absolute atomic E-state index is 10.9. The molecule has 0 amide bonds. The van der Waals surface area contributed by atoms with E-state index in [4.69, 9.17) is 5.11 Å². The molecule has 14 heavy (non-hydrogen) atoms. The fourth-order valence-corrected chi connectivity index (χ4v) is 2.70. The number of carboxylic acids is 1. The zero-order valence-corrected chi connectivity index (χ0v) is 8.81. The molecule has 1 heterocycles. The van der Waals surface area contributed by atoms with E-state index >= 15 is 0 Å². The van der Waals surface area contributed by atoms with Gasteiger partial charge in [0.05, 0.1) is 0 Å². The molecule has 1 aromatic carbocycles. The second-order valence-corrected chi connectivity index (χ2v) is 4.33. The highest BCUT2D eigenvalue weighted by atomic mass is 32.1. The van der Waals surface area contributed by atoms with Crippen LogP contribution in [0.4, 0.5) is 0 Å². The van der Waals surface area contributed by atoms with Crippen LogP contribution >= 0.6 is 11.3 Å². The minimum Gasteiger partial charge on any atom is -0.477 e. The van der Waals surface area contributed by atoms with Crippen LogP contribution in [0.5, 0.6) is 0 Å². The topological polar surface area (TPSA) is 37.3 Å². The molecule has 0 bridgehead atoms. The fraction of sp³-hybridized carbons (Fsp3) is 0.182. The predicted octanol–water partition coefficient (Wildman–Crippen LogP) is 3.22. The van der Waals surface area contributed by atoms with Crippen molar-refractivity contribution in [1.29, 1.82) is 0 Å². The number of aromatic carboxylic acids is 1. The summed E-state index contributed by atoms with van der Waals surface area (Å²) in [4.78, 5) is 11.4. The van der Waals surface area contributed by atoms with E-state index in [1.165, 1.54) is 11.3 Å². The van der Waals surface area contributed by atoms with Gasteiger partial charge in [0.1, 0.15) is 4.88 Å². The van der Waals surface area contributed by atoms with Crippen molar-refractivity contribution in [1.82, 2.24) is 0 Å². The third kappa shape index (κ3) is 1.21. The Morgan fingerprint density at radius 1 is 1.36 bits per heavy atom. The van der Waals surface area contributed by atoms with E-state index in [0.29, 0.717) is 4.88 Å². The first-order chi connectivity index (χ1) is 6.61. The number of benzene rings is 1. The summed E-state index contributed by atoms with van der Waals surface area (Å²) in [5.41, 5.74) is 2.02. The minimum atomic E-state index is -0.830. The highest BCUT2D eigenvalue weighted by molar-refractivity contribution is 7.21. The van der Waals surface area contributed by atoms with Gasteiger partial charge in [-0.25, -0.2) is 4.79 Å². The number of hydrogen-bond donors (Lipinski definition) is 1. The van der Waals surface area contributed by atoms with Gasteiger partial charge in [-0.1, -0.05) is 18.2 Å². The second kappa shape index (κ2) is 3.10. The molecular formula is C11H10O2S. The molecular weight excluding hydrogens is 196 g/mol. The third-order valence-electron chi connectivity index (χ3n) is 2.35. The molecule has 2 aromatic rings. The smallest absolute Gasteiger partial charge is 0.346 e. The van der Waals surface area contributed by atoms with Crippen molar-refractivity contribution in [2.75, 3.05) is 0 Å². The van der Waals surface area contributed by atoms with Gasteiger partial charge in [0, 0.05) is 4.70 Å². The first-order valence-electron chi connectivity index (χ1n) is 4.33. The molecule has 0 unspecified atom stereocenters. The monoisotopic (exact) mass is 206 g/mol. The number of fused-ring (bicyclic) bond motifs is 1. The Balaban J connectivity index is 2.86. The molecule has 0 saturated heterocycles. The van der Waals surface area contributed by atoms with E-state index in [0.717, 1.165) is 21.2 Å². The molecule has 0 saturated carbocycles. The first-order valence-corrected chi connectivity index (χ1v) is 5.15. The van der Waals surface area contributed by atoms with Crippen LogP contribution in [0.15, 0.2) is 18.2 Å². The van der Waals surface area contributed by atoms with Crippen molar-refractivity contribution in [3.8, 4) is 0 Å². The van der Waals surface area contributed by atoms with Crippen LogP contribution in [0, 0.1) is 13.8 Å².